The Morgan fingerprint density at radius 3 is 2.42 bits per heavy atom. The first-order valence-corrected chi connectivity index (χ1v) is 7.27. The van der Waals surface area contributed by atoms with E-state index in [-0.39, 0.29) is 11.0 Å². The molecular weight excluding hydrogens is 232 g/mol. The molecule has 0 aliphatic carbocycles. The molecule has 0 bridgehead atoms. The fourth-order valence-electron chi connectivity index (χ4n) is 2.24. The van der Waals surface area contributed by atoms with Crippen LogP contribution in [0.1, 0.15) is 51.7 Å². The van der Waals surface area contributed by atoms with Crippen molar-refractivity contribution in [1.29, 1.82) is 0 Å². The highest BCUT2D eigenvalue weighted by Crippen LogP contribution is 2.23. The molecule has 1 aromatic carbocycles. The van der Waals surface area contributed by atoms with E-state index in [4.69, 9.17) is 5.73 Å². The number of hydrogen-bond donors (Lipinski definition) is 2. The molecule has 0 unspecified atom stereocenters. The second kappa shape index (κ2) is 6.53. The van der Waals surface area contributed by atoms with Gasteiger partial charge in [-0.2, -0.15) is 0 Å². The Kier molecular flexibility index (Phi) is 5.57. The summed E-state index contributed by atoms with van der Waals surface area (Å²) in [5.41, 5.74) is 8.84. The molecule has 1 rings (SSSR count). The lowest BCUT2D eigenvalue weighted by Crippen LogP contribution is -2.36. The molecule has 108 valence electrons. The summed E-state index contributed by atoms with van der Waals surface area (Å²) < 4.78 is 0. The van der Waals surface area contributed by atoms with Crippen molar-refractivity contribution in [2.24, 2.45) is 5.73 Å². The second-order valence-electron chi connectivity index (χ2n) is 7.02. The zero-order valence-corrected chi connectivity index (χ0v) is 13.2. The number of nitrogens with two attached hydrogens (primary N) is 1. The predicted molar refractivity (Wildman–Crippen MR) is 84.6 cm³/mol. The maximum atomic E-state index is 5.98. The number of nitrogens with one attached hydrogen (secondary N) is 1. The molecule has 0 radical (unpaired) electrons. The third-order valence-electron chi connectivity index (χ3n) is 3.54. The van der Waals surface area contributed by atoms with Gasteiger partial charge >= 0.3 is 0 Å². The molecule has 0 aliphatic rings. The van der Waals surface area contributed by atoms with Crippen molar-refractivity contribution >= 4 is 0 Å². The van der Waals surface area contributed by atoms with Crippen molar-refractivity contribution in [2.45, 2.75) is 58.4 Å². The van der Waals surface area contributed by atoms with E-state index in [2.05, 4.69) is 64.2 Å². The van der Waals surface area contributed by atoms with Gasteiger partial charge in [0.15, 0.2) is 0 Å². The van der Waals surface area contributed by atoms with Crippen LogP contribution in [0, 0.1) is 6.92 Å². The normalized spacial score (nSPS) is 12.7. The molecule has 0 atom stereocenters. The first-order chi connectivity index (χ1) is 8.71. The van der Waals surface area contributed by atoms with E-state index in [1.807, 2.05) is 0 Å². The van der Waals surface area contributed by atoms with E-state index in [0.717, 1.165) is 25.9 Å². The van der Waals surface area contributed by atoms with E-state index < -0.39 is 0 Å². The van der Waals surface area contributed by atoms with Crippen LogP contribution < -0.4 is 11.1 Å². The summed E-state index contributed by atoms with van der Waals surface area (Å²) in [7, 11) is 0. The second-order valence-corrected chi connectivity index (χ2v) is 7.02. The minimum Gasteiger partial charge on any atom is -0.326 e. The third kappa shape index (κ3) is 6.22. The van der Waals surface area contributed by atoms with Crippen molar-refractivity contribution < 1.29 is 0 Å². The van der Waals surface area contributed by atoms with Gasteiger partial charge in [0, 0.05) is 17.5 Å². The Morgan fingerprint density at radius 1 is 1.16 bits per heavy atom. The SMILES string of the molecule is Cc1cccc(C(C)(C)CNCCCC(C)(C)N)c1. The van der Waals surface area contributed by atoms with Crippen molar-refractivity contribution in [3.63, 3.8) is 0 Å². The van der Waals surface area contributed by atoms with Gasteiger partial charge in [0.2, 0.25) is 0 Å². The van der Waals surface area contributed by atoms with Gasteiger partial charge in [0.25, 0.3) is 0 Å². The molecule has 0 saturated carbocycles. The van der Waals surface area contributed by atoms with Gasteiger partial charge in [-0.05, 0) is 45.7 Å². The Labute approximate surface area is 118 Å². The lowest BCUT2D eigenvalue weighted by molar-refractivity contribution is 0.424. The predicted octanol–water partition coefficient (Wildman–Crippen LogP) is 3.38. The molecule has 0 spiro atoms. The number of hydrogen-bond acceptors (Lipinski definition) is 2. The van der Waals surface area contributed by atoms with Gasteiger partial charge in [-0.1, -0.05) is 43.7 Å². The van der Waals surface area contributed by atoms with Crippen LogP contribution in [0.2, 0.25) is 0 Å². The maximum Gasteiger partial charge on any atom is 0.00975 e. The van der Waals surface area contributed by atoms with Crippen molar-refractivity contribution in [1.82, 2.24) is 5.32 Å². The summed E-state index contributed by atoms with van der Waals surface area (Å²) in [5, 5.41) is 3.56. The Bertz CT molecular complexity index is 388. The molecule has 1 aromatic rings. The molecule has 0 heterocycles. The van der Waals surface area contributed by atoms with E-state index in [0.29, 0.717) is 0 Å². The van der Waals surface area contributed by atoms with Crippen LogP contribution >= 0.6 is 0 Å². The zero-order chi connectivity index (χ0) is 14.5. The monoisotopic (exact) mass is 262 g/mol. The van der Waals surface area contributed by atoms with Gasteiger partial charge in [-0.3, -0.25) is 0 Å². The fraction of sp³-hybridized carbons (Fsp3) is 0.647. The summed E-state index contributed by atoms with van der Waals surface area (Å²) >= 11 is 0. The van der Waals surface area contributed by atoms with Crippen LogP contribution in [0.4, 0.5) is 0 Å². The smallest absolute Gasteiger partial charge is 0.00975 e. The lowest BCUT2D eigenvalue weighted by Gasteiger charge is -2.26. The largest absolute Gasteiger partial charge is 0.326 e. The van der Waals surface area contributed by atoms with Crippen LogP contribution in [0.25, 0.3) is 0 Å². The van der Waals surface area contributed by atoms with Gasteiger partial charge in [0.1, 0.15) is 0 Å². The molecule has 0 aromatic heterocycles. The molecule has 0 aliphatic heterocycles. The van der Waals surface area contributed by atoms with Crippen LogP contribution in [-0.4, -0.2) is 18.6 Å². The van der Waals surface area contributed by atoms with E-state index in [1.165, 1.54) is 11.1 Å². The molecule has 19 heavy (non-hydrogen) atoms. The summed E-state index contributed by atoms with van der Waals surface area (Å²) in [6, 6.07) is 8.79. The van der Waals surface area contributed by atoms with E-state index in [1.54, 1.807) is 0 Å². The van der Waals surface area contributed by atoms with E-state index in [9.17, 15) is 0 Å². The molecule has 3 N–H and O–H groups in total. The minimum absolute atomic E-state index is 0.0479. The number of benzene rings is 1. The molecule has 0 amide bonds. The maximum absolute atomic E-state index is 5.98. The highest BCUT2D eigenvalue weighted by atomic mass is 14.9. The quantitative estimate of drug-likeness (QED) is 0.739. The van der Waals surface area contributed by atoms with Gasteiger partial charge in [-0.15, -0.1) is 0 Å². The Hall–Kier alpha value is -0.860. The number of aryl methyl sites for hydroxylation is 1. The Balaban J connectivity index is 2.39. The lowest BCUT2D eigenvalue weighted by atomic mass is 9.84. The molecule has 0 saturated heterocycles. The highest BCUT2D eigenvalue weighted by molar-refractivity contribution is 5.28. The fourth-order valence-corrected chi connectivity index (χ4v) is 2.24. The molecule has 2 nitrogen and oxygen atoms in total. The van der Waals surface area contributed by atoms with Crippen LogP contribution in [0.5, 0.6) is 0 Å². The first kappa shape index (κ1) is 16.2. The van der Waals surface area contributed by atoms with Gasteiger partial charge in [-0.25, -0.2) is 0 Å². The van der Waals surface area contributed by atoms with Crippen molar-refractivity contribution in [3.8, 4) is 0 Å². The summed E-state index contributed by atoms with van der Waals surface area (Å²) in [5.74, 6) is 0. The van der Waals surface area contributed by atoms with Crippen molar-refractivity contribution in [3.05, 3.63) is 35.4 Å². The van der Waals surface area contributed by atoms with Crippen LogP contribution in [-0.2, 0) is 5.41 Å². The van der Waals surface area contributed by atoms with Crippen molar-refractivity contribution in [2.75, 3.05) is 13.1 Å². The average molecular weight is 262 g/mol. The topological polar surface area (TPSA) is 38.0 Å². The summed E-state index contributed by atoms with van der Waals surface area (Å²) in [4.78, 5) is 0. The average Bonchev–Trinajstić information content (AvgIpc) is 2.27. The molecule has 0 fully saturated rings. The molecule has 2 heteroatoms. The summed E-state index contributed by atoms with van der Waals surface area (Å²) in [6.07, 6.45) is 2.19. The zero-order valence-electron chi connectivity index (χ0n) is 13.2. The van der Waals surface area contributed by atoms with E-state index >= 15 is 0 Å². The Morgan fingerprint density at radius 2 is 1.84 bits per heavy atom. The molecular formula is C17H30N2. The van der Waals surface area contributed by atoms with Gasteiger partial charge in [0.05, 0.1) is 0 Å². The first-order valence-electron chi connectivity index (χ1n) is 7.27. The van der Waals surface area contributed by atoms with Crippen LogP contribution in [0.15, 0.2) is 24.3 Å². The standard InChI is InChI=1S/C17H30N2/c1-14-8-6-9-15(12-14)16(2,3)13-19-11-7-10-17(4,5)18/h6,8-9,12,19H,7,10-11,13,18H2,1-5H3. The third-order valence-corrected chi connectivity index (χ3v) is 3.54. The summed E-state index contributed by atoms with van der Waals surface area (Å²) in [6.45, 7) is 12.9. The minimum atomic E-state index is -0.0479. The number of rotatable bonds is 7. The highest BCUT2D eigenvalue weighted by Gasteiger charge is 2.20. The van der Waals surface area contributed by atoms with Gasteiger partial charge < -0.3 is 11.1 Å². The van der Waals surface area contributed by atoms with Crippen LogP contribution in [0.3, 0.4) is 0 Å².